The van der Waals surface area contributed by atoms with Gasteiger partial charge in [0.2, 0.25) is 0 Å². The van der Waals surface area contributed by atoms with Crippen molar-refractivity contribution >= 4 is 29.1 Å². The largest absolute Gasteiger partial charge is 0.336 e. The third-order valence-electron chi connectivity index (χ3n) is 3.25. The van der Waals surface area contributed by atoms with Crippen molar-refractivity contribution < 1.29 is 4.79 Å². The molecular weight excluding hydrogens is 283 g/mol. The molecule has 0 spiro atoms. The van der Waals surface area contributed by atoms with Crippen molar-refractivity contribution in [1.82, 2.24) is 9.88 Å². The number of amides is 1. The third-order valence-corrected chi connectivity index (χ3v) is 3.76. The highest BCUT2D eigenvalue weighted by Crippen LogP contribution is 2.30. The number of hydrogen-bond donors (Lipinski definition) is 0. The first kappa shape index (κ1) is 14.6. The van der Waals surface area contributed by atoms with E-state index in [1.54, 1.807) is 6.07 Å². The minimum absolute atomic E-state index is 0.0301. The van der Waals surface area contributed by atoms with Crippen LogP contribution < -0.4 is 0 Å². The highest BCUT2D eigenvalue weighted by molar-refractivity contribution is 6.35. The zero-order valence-electron chi connectivity index (χ0n) is 11.2. The second-order valence-electron chi connectivity index (χ2n) is 5.40. The van der Waals surface area contributed by atoms with Gasteiger partial charge in [-0.05, 0) is 31.2 Å². The first-order valence-electron chi connectivity index (χ1n) is 6.61. The Morgan fingerprint density at radius 1 is 1.47 bits per heavy atom. The summed E-state index contributed by atoms with van der Waals surface area (Å²) in [6.07, 6.45) is 4.60. The van der Waals surface area contributed by atoms with E-state index in [4.69, 9.17) is 23.2 Å². The Balaban J connectivity index is 2.16. The van der Waals surface area contributed by atoms with Crippen LogP contribution in [0.15, 0.2) is 12.3 Å². The van der Waals surface area contributed by atoms with E-state index in [0.717, 1.165) is 25.8 Å². The molecule has 1 aliphatic carbocycles. The zero-order chi connectivity index (χ0) is 14.0. The maximum Gasteiger partial charge on any atom is 0.255 e. The lowest BCUT2D eigenvalue weighted by molar-refractivity contribution is 0.0735. The zero-order valence-corrected chi connectivity index (χ0v) is 12.7. The molecule has 1 fully saturated rings. The smallest absolute Gasteiger partial charge is 0.255 e. The lowest BCUT2D eigenvalue weighted by Crippen LogP contribution is -2.34. The van der Waals surface area contributed by atoms with E-state index in [1.807, 2.05) is 4.90 Å². The van der Waals surface area contributed by atoms with Crippen molar-refractivity contribution in [3.63, 3.8) is 0 Å². The van der Waals surface area contributed by atoms with Gasteiger partial charge in [-0.1, -0.05) is 37.0 Å². The second-order valence-corrected chi connectivity index (χ2v) is 6.19. The average molecular weight is 301 g/mol. The molecule has 1 amide bonds. The highest BCUT2D eigenvalue weighted by atomic mass is 35.5. The van der Waals surface area contributed by atoms with Crippen molar-refractivity contribution in [2.75, 3.05) is 6.54 Å². The number of rotatable bonds is 5. The van der Waals surface area contributed by atoms with Crippen LogP contribution in [0.3, 0.4) is 0 Å². The molecular formula is C14H18Cl2N2O. The van der Waals surface area contributed by atoms with Gasteiger partial charge >= 0.3 is 0 Å². The molecule has 104 valence electrons. The fourth-order valence-corrected chi connectivity index (χ4v) is 2.31. The summed E-state index contributed by atoms with van der Waals surface area (Å²) in [6, 6.07) is 1.92. The van der Waals surface area contributed by atoms with Gasteiger partial charge in [-0.15, -0.1) is 0 Å². The second kappa shape index (κ2) is 6.10. The van der Waals surface area contributed by atoms with Crippen LogP contribution in [0.5, 0.6) is 0 Å². The number of carbonyl (C=O) groups is 1. The van der Waals surface area contributed by atoms with Crippen molar-refractivity contribution in [3.8, 4) is 0 Å². The minimum Gasteiger partial charge on any atom is -0.336 e. The molecule has 0 unspecified atom stereocenters. The van der Waals surface area contributed by atoms with E-state index in [9.17, 15) is 4.79 Å². The molecule has 0 radical (unpaired) electrons. The van der Waals surface area contributed by atoms with Gasteiger partial charge < -0.3 is 4.90 Å². The van der Waals surface area contributed by atoms with E-state index in [1.165, 1.54) is 6.20 Å². The van der Waals surface area contributed by atoms with Gasteiger partial charge in [-0.2, -0.15) is 0 Å². The fraction of sp³-hybridized carbons (Fsp3) is 0.571. The molecule has 0 saturated heterocycles. The van der Waals surface area contributed by atoms with Crippen LogP contribution in [0.4, 0.5) is 0 Å². The summed E-state index contributed by atoms with van der Waals surface area (Å²) >= 11 is 11.9. The Kier molecular flexibility index (Phi) is 4.69. The quantitative estimate of drug-likeness (QED) is 0.769. The molecule has 1 heterocycles. The van der Waals surface area contributed by atoms with E-state index in [2.05, 4.69) is 18.8 Å². The summed E-state index contributed by atoms with van der Waals surface area (Å²) in [4.78, 5) is 18.4. The van der Waals surface area contributed by atoms with Gasteiger partial charge in [0.15, 0.2) is 0 Å². The maximum atomic E-state index is 12.6. The number of aromatic nitrogens is 1. The predicted molar refractivity (Wildman–Crippen MR) is 77.8 cm³/mol. The molecule has 1 aliphatic rings. The molecule has 0 atom stereocenters. The van der Waals surface area contributed by atoms with E-state index in [-0.39, 0.29) is 5.91 Å². The number of nitrogens with zero attached hydrogens (tertiary/aromatic N) is 2. The van der Waals surface area contributed by atoms with Crippen molar-refractivity contribution in [1.29, 1.82) is 0 Å². The summed E-state index contributed by atoms with van der Waals surface area (Å²) < 4.78 is 0. The highest BCUT2D eigenvalue weighted by Gasteiger charge is 2.33. The molecule has 0 aromatic carbocycles. The van der Waals surface area contributed by atoms with Crippen LogP contribution in [0.2, 0.25) is 10.2 Å². The first-order valence-corrected chi connectivity index (χ1v) is 7.36. The third kappa shape index (κ3) is 3.83. The van der Waals surface area contributed by atoms with Gasteiger partial charge in [0.25, 0.3) is 5.91 Å². The lowest BCUT2D eigenvalue weighted by atomic mass is 10.1. The topological polar surface area (TPSA) is 33.2 Å². The number of halogens is 2. The van der Waals surface area contributed by atoms with Crippen molar-refractivity contribution in [2.45, 2.75) is 39.2 Å². The lowest BCUT2D eigenvalue weighted by Gasteiger charge is -2.24. The Morgan fingerprint density at radius 3 is 2.74 bits per heavy atom. The van der Waals surface area contributed by atoms with E-state index in [0.29, 0.717) is 27.7 Å². The van der Waals surface area contributed by atoms with Gasteiger partial charge in [0.05, 0.1) is 10.6 Å². The number of carbonyl (C=O) groups excluding carboxylic acids is 1. The molecule has 1 saturated carbocycles. The SMILES string of the molecule is CC(C)CCN(C(=O)c1cc(Cl)ncc1Cl)C1CC1. The summed E-state index contributed by atoms with van der Waals surface area (Å²) in [7, 11) is 0. The van der Waals surface area contributed by atoms with Crippen LogP contribution >= 0.6 is 23.2 Å². The standard InChI is InChI=1S/C14H18Cl2N2O/c1-9(2)5-6-18(10-3-4-10)14(19)11-7-13(16)17-8-12(11)15/h7-10H,3-6H2,1-2H3. The molecule has 19 heavy (non-hydrogen) atoms. The maximum absolute atomic E-state index is 12.6. The van der Waals surface area contributed by atoms with Crippen LogP contribution in [-0.2, 0) is 0 Å². The molecule has 3 nitrogen and oxygen atoms in total. The molecule has 1 aromatic heterocycles. The van der Waals surface area contributed by atoms with Crippen molar-refractivity contribution in [3.05, 3.63) is 28.0 Å². The summed E-state index contributed by atoms with van der Waals surface area (Å²) in [5.74, 6) is 0.544. The predicted octanol–water partition coefficient (Wildman–Crippen LogP) is 4.04. The summed E-state index contributed by atoms with van der Waals surface area (Å²) in [5.41, 5.74) is 0.456. The van der Waals surface area contributed by atoms with Crippen LogP contribution in [-0.4, -0.2) is 28.4 Å². The van der Waals surface area contributed by atoms with Crippen LogP contribution in [0, 0.1) is 5.92 Å². The van der Waals surface area contributed by atoms with E-state index < -0.39 is 0 Å². The van der Waals surface area contributed by atoms with Gasteiger partial charge in [0.1, 0.15) is 5.15 Å². The van der Waals surface area contributed by atoms with Crippen molar-refractivity contribution in [2.24, 2.45) is 5.92 Å². The average Bonchev–Trinajstić information content (AvgIpc) is 3.16. The Labute approximate surface area is 123 Å². The van der Waals surface area contributed by atoms with Gasteiger partial charge in [-0.25, -0.2) is 4.98 Å². The Hall–Kier alpha value is -0.800. The monoisotopic (exact) mass is 300 g/mol. The Bertz CT molecular complexity index is 473. The Morgan fingerprint density at radius 2 is 2.16 bits per heavy atom. The number of hydrogen-bond acceptors (Lipinski definition) is 2. The van der Waals surface area contributed by atoms with Crippen LogP contribution in [0.1, 0.15) is 43.5 Å². The molecule has 2 rings (SSSR count). The fourth-order valence-electron chi connectivity index (χ4n) is 1.97. The minimum atomic E-state index is -0.0301. The van der Waals surface area contributed by atoms with Crippen LogP contribution in [0.25, 0.3) is 0 Å². The molecule has 0 aliphatic heterocycles. The summed E-state index contributed by atoms with van der Waals surface area (Å²) in [5, 5.41) is 0.664. The van der Waals surface area contributed by atoms with E-state index >= 15 is 0 Å². The molecule has 1 aromatic rings. The molecule has 5 heteroatoms. The van der Waals surface area contributed by atoms with Gasteiger partial charge in [-0.3, -0.25) is 4.79 Å². The number of pyridine rings is 1. The molecule has 0 N–H and O–H groups in total. The first-order chi connectivity index (χ1) is 8.99. The van der Waals surface area contributed by atoms with Gasteiger partial charge in [0, 0.05) is 18.8 Å². The normalized spacial score (nSPS) is 14.8. The summed E-state index contributed by atoms with van der Waals surface area (Å²) in [6.45, 7) is 5.09. The molecule has 0 bridgehead atoms.